The number of rotatable bonds is 4. The summed E-state index contributed by atoms with van der Waals surface area (Å²) < 4.78 is 5.90. The van der Waals surface area contributed by atoms with Crippen LogP contribution in [0.3, 0.4) is 0 Å². The fourth-order valence-corrected chi connectivity index (χ4v) is 2.75. The molecule has 0 N–H and O–H groups in total. The van der Waals surface area contributed by atoms with E-state index in [1.54, 1.807) is 12.1 Å². The van der Waals surface area contributed by atoms with Crippen molar-refractivity contribution in [2.24, 2.45) is 0 Å². The normalized spacial score (nSPS) is 19.9. The van der Waals surface area contributed by atoms with E-state index in [2.05, 4.69) is 15.9 Å². The molecule has 2 heterocycles. The summed E-state index contributed by atoms with van der Waals surface area (Å²) in [6.07, 6.45) is 4.08. The summed E-state index contributed by atoms with van der Waals surface area (Å²) in [6, 6.07) is 3.78. The van der Waals surface area contributed by atoms with Crippen LogP contribution in [0.15, 0.2) is 21.2 Å². The number of halogens is 2. The highest BCUT2D eigenvalue weighted by Gasteiger charge is 2.30. The molecule has 1 aromatic heterocycles. The molecule has 1 unspecified atom stereocenters. The predicted octanol–water partition coefficient (Wildman–Crippen LogP) is 3.67. The van der Waals surface area contributed by atoms with E-state index in [1.165, 1.54) is 0 Å². The second-order valence-electron chi connectivity index (χ2n) is 4.23. The summed E-state index contributed by atoms with van der Waals surface area (Å²) in [4.78, 5) is 14.1. The van der Waals surface area contributed by atoms with Crippen molar-refractivity contribution in [3.05, 3.63) is 22.6 Å². The van der Waals surface area contributed by atoms with Gasteiger partial charge in [-0.25, -0.2) is 0 Å². The predicted molar refractivity (Wildman–Crippen MR) is 70.4 cm³/mol. The molecule has 1 aliphatic heterocycles. The molecule has 0 radical (unpaired) electrons. The number of hydrogen-bond donors (Lipinski definition) is 0. The van der Waals surface area contributed by atoms with Crippen molar-refractivity contribution in [1.29, 1.82) is 0 Å². The first kappa shape index (κ1) is 13.0. The molecule has 3 nitrogen and oxygen atoms in total. The maximum atomic E-state index is 12.2. The molecule has 1 fully saturated rings. The Morgan fingerprint density at radius 1 is 1.59 bits per heavy atom. The Morgan fingerprint density at radius 3 is 3.06 bits per heavy atom. The van der Waals surface area contributed by atoms with Gasteiger partial charge in [0.15, 0.2) is 10.4 Å². The third kappa shape index (κ3) is 3.05. The second-order valence-corrected chi connectivity index (χ2v) is 5.39. The number of carbonyl (C=O) groups is 1. The highest BCUT2D eigenvalue weighted by atomic mass is 79.9. The van der Waals surface area contributed by atoms with Gasteiger partial charge in [-0.15, -0.1) is 11.6 Å². The number of likely N-dealkylation sites (tertiary alicyclic amines) is 1. The van der Waals surface area contributed by atoms with Crippen molar-refractivity contribution in [1.82, 2.24) is 4.90 Å². The van der Waals surface area contributed by atoms with Gasteiger partial charge in [-0.05, 0) is 53.7 Å². The SMILES string of the molecule is O=C(c1ccc(Br)o1)N1CCCC1CCCCl. The van der Waals surface area contributed by atoms with Gasteiger partial charge in [-0.2, -0.15) is 0 Å². The molecule has 0 bridgehead atoms. The molecule has 1 aromatic rings. The van der Waals surface area contributed by atoms with Gasteiger partial charge in [0.1, 0.15) is 0 Å². The van der Waals surface area contributed by atoms with Gasteiger partial charge < -0.3 is 9.32 Å². The summed E-state index contributed by atoms with van der Waals surface area (Å²) >= 11 is 8.91. The Labute approximate surface area is 114 Å². The van der Waals surface area contributed by atoms with Crippen molar-refractivity contribution in [3.63, 3.8) is 0 Å². The number of amides is 1. The minimum atomic E-state index is -0.00669. The third-order valence-electron chi connectivity index (χ3n) is 3.09. The third-order valence-corrected chi connectivity index (χ3v) is 3.79. The molecule has 0 saturated carbocycles. The molecule has 0 aromatic carbocycles. The lowest BCUT2D eigenvalue weighted by molar-refractivity contribution is 0.0696. The largest absolute Gasteiger partial charge is 0.444 e. The van der Waals surface area contributed by atoms with E-state index in [1.807, 2.05) is 4.90 Å². The number of hydrogen-bond acceptors (Lipinski definition) is 2. The van der Waals surface area contributed by atoms with Gasteiger partial charge >= 0.3 is 0 Å². The average molecular weight is 321 g/mol. The van der Waals surface area contributed by atoms with Gasteiger partial charge in [0.2, 0.25) is 0 Å². The maximum Gasteiger partial charge on any atom is 0.289 e. The number of alkyl halides is 1. The molecule has 0 aliphatic carbocycles. The Hall–Kier alpha value is -0.480. The zero-order valence-corrected chi connectivity index (χ0v) is 11.8. The van der Waals surface area contributed by atoms with E-state index in [-0.39, 0.29) is 5.91 Å². The van der Waals surface area contributed by atoms with Gasteiger partial charge in [-0.1, -0.05) is 0 Å². The first-order valence-corrected chi connectivity index (χ1v) is 7.17. The fourth-order valence-electron chi connectivity index (χ4n) is 2.29. The molecule has 1 saturated heterocycles. The Kier molecular flexibility index (Phi) is 4.51. The number of nitrogens with zero attached hydrogens (tertiary/aromatic N) is 1. The minimum absolute atomic E-state index is 0.00669. The van der Waals surface area contributed by atoms with E-state index in [0.29, 0.717) is 22.4 Å². The van der Waals surface area contributed by atoms with Crippen molar-refractivity contribution in [3.8, 4) is 0 Å². The molecule has 5 heteroatoms. The average Bonchev–Trinajstić information content (AvgIpc) is 2.94. The highest BCUT2D eigenvalue weighted by molar-refractivity contribution is 9.10. The topological polar surface area (TPSA) is 33.5 Å². The van der Waals surface area contributed by atoms with Crippen LogP contribution in [0, 0.1) is 0 Å². The lowest BCUT2D eigenvalue weighted by atomic mass is 10.1. The zero-order chi connectivity index (χ0) is 12.3. The first-order chi connectivity index (χ1) is 8.22. The van der Waals surface area contributed by atoms with Crippen LogP contribution >= 0.6 is 27.5 Å². The van der Waals surface area contributed by atoms with Crippen LogP contribution in [-0.2, 0) is 0 Å². The molecule has 1 amide bonds. The fraction of sp³-hybridized carbons (Fsp3) is 0.583. The quantitative estimate of drug-likeness (QED) is 0.793. The molecular weight excluding hydrogens is 305 g/mol. The van der Waals surface area contributed by atoms with E-state index < -0.39 is 0 Å². The van der Waals surface area contributed by atoms with Crippen molar-refractivity contribution in [2.45, 2.75) is 31.7 Å². The molecule has 94 valence electrons. The summed E-state index contributed by atoms with van der Waals surface area (Å²) in [6.45, 7) is 0.824. The van der Waals surface area contributed by atoms with Gasteiger partial charge in [-0.3, -0.25) is 4.79 Å². The van der Waals surface area contributed by atoms with Gasteiger partial charge in [0.25, 0.3) is 5.91 Å². The smallest absolute Gasteiger partial charge is 0.289 e. The Bertz CT molecular complexity index is 394. The molecule has 1 aliphatic rings. The van der Waals surface area contributed by atoms with E-state index >= 15 is 0 Å². The van der Waals surface area contributed by atoms with Gasteiger partial charge in [0, 0.05) is 18.5 Å². The van der Waals surface area contributed by atoms with Crippen LogP contribution in [0.1, 0.15) is 36.2 Å². The summed E-state index contributed by atoms with van der Waals surface area (Å²) in [7, 11) is 0. The first-order valence-electron chi connectivity index (χ1n) is 5.84. The lowest BCUT2D eigenvalue weighted by Gasteiger charge is -2.23. The molecule has 2 rings (SSSR count). The summed E-state index contributed by atoms with van der Waals surface area (Å²) in [5.74, 6) is 1.06. The standard InChI is InChI=1S/C12H15BrClNO2/c13-11-6-5-10(17-11)12(16)15-8-2-4-9(15)3-1-7-14/h5-6,9H,1-4,7-8H2. The van der Waals surface area contributed by atoms with Crippen molar-refractivity contribution in [2.75, 3.05) is 12.4 Å². The van der Waals surface area contributed by atoms with Crippen LogP contribution in [-0.4, -0.2) is 29.3 Å². The van der Waals surface area contributed by atoms with Crippen molar-refractivity contribution < 1.29 is 9.21 Å². The molecule has 0 spiro atoms. The molecule has 17 heavy (non-hydrogen) atoms. The van der Waals surface area contributed by atoms with E-state index in [9.17, 15) is 4.79 Å². The summed E-state index contributed by atoms with van der Waals surface area (Å²) in [5, 5.41) is 0. The number of carbonyl (C=O) groups excluding carboxylic acids is 1. The highest BCUT2D eigenvalue weighted by Crippen LogP contribution is 2.25. The number of furan rings is 1. The Balaban J connectivity index is 2.03. The van der Waals surface area contributed by atoms with Crippen molar-refractivity contribution >= 4 is 33.4 Å². The zero-order valence-electron chi connectivity index (χ0n) is 9.49. The molecular formula is C12H15BrClNO2. The van der Waals surface area contributed by atoms with E-state index in [0.717, 1.165) is 32.2 Å². The monoisotopic (exact) mass is 319 g/mol. The summed E-state index contributed by atoms with van der Waals surface area (Å²) in [5.41, 5.74) is 0. The second kappa shape index (κ2) is 5.91. The van der Waals surface area contributed by atoms with Crippen LogP contribution in [0.25, 0.3) is 0 Å². The lowest BCUT2D eigenvalue weighted by Crippen LogP contribution is -2.35. The molecule has 1 atom stereocenters. The minimum Gasteiger partial charge on any atom is -0.444 e. The maximum absolute atomic E-state index is 12.2. The van der Waals surface area contributed by atoms with E-state index in [4.69, 9.17) is 16.0 Å². The van der Waals surface area contributed by atoms with Gasteiger partial charge in [0.05, 0.1) is 0 Å². The van der Waals surface area contributed by atoms with Crippen LogP contribution in [0.4, 0.5) is 0 Å². The van der Waals surface area contributed by atoms with Crippen LogP contribution in [0.5, 0.6) is 0 Å². The Morgan fingerprint density at radius 2 is 2.41 bits per heavy atom. The van der Waals surface area contributed by atoms with Crippen LogP contribution in [0.2, 0.25) is 0 Å². The van der Waals surface area contributed by atoms with Crippen LogP contribution < -0.4 is 0 Å².